The summed E-state index contributed by atoms with van der Waals surface area (Å²) in [5.74, 6) is -0.682. The number of aromatic nitrogens is 3. The van der Waals surface area contributed by atoms with Gasteiger partial charge in [-0.15, -0.1) is 0 Å². The molecule has 1 aromatic carbocycles. The summed E-state index contributed by atoms with van der Waals surface area (Å²) in [5.41, 5.74) is 4.59. The second-order valence-electron chi connectivity index (χ2n) is 6.11. The van der Waals surface area contributed by atoms with E-state index in [2.05, 4.69) is 28.3 Å². The fourth-order valence-electron chi connectivity index (χ4n) is 3.02. The van der Waals surface area contributed by atoms with E-state index in [1.54, 1.807) is 18.5 Å². The van der Waals surface area contributed by atoms with Crippen LogP contribution in [0.1, 0.15) is 23.0 Å². The van der Waals surface area contributed by atoms with Crippen molar-refractivity contribution in [2.45, 2.75) is 13.3 Å². The molecule has 0 aliphatic carbocycles. The highest BCUT2D eigenvalue weighted by Crippen LogP contribution is 2.27. The van der Waals surface area contributed by atoms with Gasteiger partial charge in [0.25, 0.3) is 5.91 Å². The molecule has 1 N–H and O–H groups in total. The molecule has 3 heterocycles. The SMILES string of the molecule is CCc1cc(-c2cc(NC(=O)c3ccc(F)cc3)ccn2)c2ncccn12. The number of nitrogens with zero attached hydrogens (tertiary/aromatic N) is 3. The van der Waals surface area contributed by atoms with E-state index in [9.17, 15) is 9.18 Å². The molecule has 0 aliphatic rings. The van der Waals surface area contributed by atoms with Gasteiger partial charge in [-0.3, -0.25) is 9.78 Å². The maximum Gasteiger partial charge on any atom is 0.255 e. The summed E-state index contributed by atoms with van der Waals surface area (Å²) in [6.07, 6.45) is 6.24. The second-order valence-corrected chi connectivity index (χ2v) is 6.11. The highest BCUT2D eigenvalue weighted by Gasteiger charge is 2.13. The maximum atomic E-state index is 13.0. The molecule has 0 unspecified atom stereocenters. The van der Waals surface area contributed by atoms with Crippen molar-refractivity contribution in [3.8, 4) is 11.3 Å². The molecule has 134 valence electrons. The first-order valence-electron chi connectivity index (χ1n) is 8.64. The van der Waals surface area contributed by atoms with Crippen LogP contribution in [0.25, 0.3) is 16.9 Å². The summed E-state index contributed by atoms with van der Waals surface area (Å²) in [4.78, 5) is 21.3. The molecule has 0 atom stereocenters. The molecule has 0 spiro atoms. The quantitative estimate of drug-likeness (QED) is 0.589. The predicted molar refractivity (Wildman–Crippen MR) is 102 cm³/mol. The van der Waals surface area contributed by atoms with Crippen LogP contribution in [0.5, 0.6) is 0 Å². The number of benzene rings is 1. The highest BCUT2D eigenvalue weighted by atomic mass is 19.1. The molecule has 0 fully saturated rings. The third kappa shape index (κ3) is 3.29. The van der Waals surface area contributed by atoms with E-state index >= 15 is 0 Å². The molecule has 0 bridgehead atoms. The van der Waals surface area contributed by atoms with E-state index in [1.165, 1.54) is 24.3 Å². The lowest BCUT2D eigenvalue weighted by molar-refractivity contribution is 0.102. The van der Waals surface area contributed by atoms with Crippen molar-refractivity contribution in [2.75, 3.05) is 5.32 Å². The van der Waals surface area contributed by atoms with Crippen LogP contribution in [0.4, 0.5) is 10.1 Å². The Balaban J connectivity index is 1.67. The number of hydrogen-bond donors (Lipinski definition) is 1. The molecule has 27 heavy (non-hydrogen) atoms. The van der Waals surface area contributed by atoms with Crippen molar-refractivity contribution in [3.63, 3.8) is 0 Å². The van der Waals surface area contributed by atoms with Gasteiger partial charge in [-0.05, 0) is 55.0 Å². The van der Waals surface area contributed by atoms with E-state index in [4.69, 9.17) is 0 Å². The first-order chi connectivity index (χ1) is 13.2. The van der Waals surface area contributed by atoms with Gasteiger partial charge in [-0.25, -0.2) is 9.37 Å². The van der Waals surface area contributed by atoms with E-state index in [0.29, 0.717) is 11.3 Å². The summed E-state index contributed by atoms with van der Waals surface area (Å²) >= 11 is 0. The Kier molecular flexibility index (Phi) is 4.38. The molecular formula is C21H17FN4O. The average molecular weight is 360 g/mol. The summed E-state index contributed by atoms with van der Waals surface area (Å²) in [6.45, 7) is 2.09. The van der Waals surface area contributed by atoms with Crippen molar-refractivity contribution in [3.05, 3.63) is 84.2 Å². The molecule has 6 heteroatoms. The molecule has 0 saturated heterocycles. The van der Waals surface area contributed by atoms with Gasteiger partial charge < -0.3 is 9.72 Å². The normalized spacial score (nSPS) is 10.9. The minimum Gasteiger partial charge on any atom is -0.322 e. The highest BCUT2D eigenvalue weighted by molar-refractivity contribution is 6.04. The van der Waals surface area contributed by atoms with E-state index < -0.39 is 0 Å². The Hall–Kier alpha value is -3.54. The van der Waals surface area contributed by atoms with Crippen LogP contribution in [0.3, 0.4) is 0 Å². The zero-order chi connectivity index (χ0) is 18.8. The molecule has 4 rings (SSSR count). The number of hydrogen-bond acceptors (Lipinski definition) is 3. The Morgan fingerprint density at radius 3 is 2.70 bits per heavy atom. The van der Waals surface area contributed by atoms with Gasteiger partial charge in [0.2, 0.25) is 0 Å². The van der Waals surface area contributed by atoms with Crippen LogP contribution in [-0.2, 0) is 6.42 Å². The number of fused-ring (bicyclic) bond motifs is 1. The van der Waals surface area contributed by atoms with Crippen molar-refractivity contribution in [1.82, 2.24) is 14.4 Å². The lowest BCUT2D eigenvalue weighted by Gasteiger charge is -2.07. The topological polar surface area (TPSA) is 59.3 Å². The van der Waals surface area contributed by atoms with Crippen molar-refractivity contribution in [1.29, 1.82) is 0 Å². The largest absolute Gasteiger partial charge is 0.322 e. The van der Waals surface area contributed by atoms with Crippen LogP contribution in [-0.4, -0.2) is 20.3 Å². The van der Waals surface area contributed by atoms with E-state index in [-0.39, 0.29) is 11.7 Å². The van der Waals surface area contributed by atoms with Gasteiger partial charge in [-0.2, -0.15) is 0 Å². The summed E-state index contributed by atoms with van der Waals surface area (Å²) in [7, 11) is 0. The van der Waals surface area contributed by atoms with Crippen LogP contribution in [0.2, 0.25) is 0 Å². The van der Waals surface area contributed by atoms with Gasteiger partial charge in [-0.1, -0.05) is 6.92 Å². The van der Waals surface area contributed by atoms with Gasteiger partial charge in [0, 0.05) is 41.1 Å². The van der Waals surface area contributed by atoms with Crippen molar-refractivity contribution in [2.24, 2.45) is 0 Å². The maximum absolute atomic E-state index is 13.0. The monoisotopic (exact) mass is 360 g/mol. The predicted octanol–water partition coefficient (Wildman–Crippen LogP) is 4.35. The Bertz CT molecular complexity index is 1120. The minimum absolute atomic E-state index is 0.304. The van der Waals surface area contributed by atoms with Gasteiger partial charge in [0.15, 0.2) is 0 Å². The lowest BCUT2D eigenvalue weighted by Crippen LogP contribution is -2.11. The lowest BCUT2D eigenvalue weighted by atomic mass is 10.1. The third-order valence-electron chi connectivity index (χ3n) is 4.37. The molecule has 4 aromatic rings. The van der Waals surface area contributed by atoms with Crippen molar-refractivity contribution >= 4 is 17.2 Å². The Labute approximate surface area is 155 Å². The number of halogens is 1. The second kappa shape index (κ2) is 6.99. The average Bonchev–Trinajstić information content (AvgIpc) is 3.07. The fourth-order valence-corrected chi connectivity index (χ4v) is 3.02. The number of carbonyl (C=O) groups excluding carboxylic acids is 1. The van der Waals surface area contributed by atoms with Crippen LogP contribution >= 0.6 is 0 Å². The van der Waals surface area contributed by atoms with Crippen LogP contribution in [0, 0.1) is 5.82 Å². The third-order valence-corrected chi connectivity index (χ3v) is 4.37. The number of anilines is 1. The fraction of sp³-hybridized carbons (Fsp3) is 0.0952. The first-order valence-corrected chi connectivity index (χ1v) is 8.64. The molecular weight excluding hydrogens is 343 g/mol. The van der Waals surface area contributed by atoms with Crippen molar-refractivity contribution < 1.29 is 9.18 Å². The summed E-state index contributed by atoms with van der Waals surface area (Å²) in [6, 6.07) is 12.9. The van der Waals surface area contributed by atoms with Crippen LogP contribution in [0.15, 0.2) is 67.1 Å². The smallest absolute Gasteiger partial charge is 0.255 e. The number of carbonyl (C=O) groups is 1. The van der Waals surface area contributed by atoms with Gasteiger partial charge in [0.05, 0.1) is 5.69 Å². The van der Waals surface area contributed by atoms with Gasteiger partial charge >= 0.3 is 0 Å². The standard InChI is InChI=1S/C21H17FN4O/c1-2-17-13-18(20-24-9-3-11-26(17)20)19-12-16(8-10-23-19)25-21(27)14-4-6-15(22)7-5-14/h3-13H,2H2,1H3,(H,23,25,27). The molecule has 0 aliphatic heterocycles. The number of amides is 1. The molecule has 5 nitrogen and oxygen atoms in total. The Morgan fingerprint density at radius 1 is 1.11 bits per heavy atom. The zero-order valence-corrected chi connectivity index (χ0v) is 14.7. The number of nitrogens with one attached hydrogen (secondary N) is 1. The molecule has 0 radical (unpaired) electrons. The van der Waals surface area contributed by atoms with Gasteiger partial charge in [0.1, 0.15) is 11.5 Å². The number of pyridine rings is 1. The molecule has 3 aromatic heterocycles. The van der Waals surface area contributed by atoms with Crippen LogP contribution < -0.4 is 5.32 Å². The molecule has 1 amide bonds. The van der Waals surface area contributed by atoms with E-state index in [0.717, 1.165) is 29.0 Å². The first kappa shape index (κ1) is 16.9. The summed E-state index contributed by atoms with van der Waals surface area (Å²) in [5, 5.41) is 2.83. The number of rotatable bonds is 4. The number of aryl methyl sites for hydroxylation is 1. The Morgan fingerprint density at radius 2 is 1.93 bits per heavy atom. The molecule has 0 saturated carbocycles. The van der Waals surface area contributed by atoms with E-state index in [1.807, 2.05) is 22.7 Å². The summed E-state index contributed by atoms with van der Waals surface area (Å²) < 4.78 is 15.1. The minimum atomic E-state index is -0.377. The zero-order valence-electron chi connectivity index (χ0n) is 14.7.